The minimum absolute atomic E-state index is 0.129. The predicted molar refractivity (Wildman–Crippen MR) is 111 cm³/mol. The van der Waals surface area contributed by atoms with E-state index in [9.17, 15) is 4.79 Å². The number of nitrogens with zero attached hydrogens (tertiary/aromatic N) is 3. The van der Waals surface area contributed by atoms with Gasteiger partial charge in [0, 0.05) is 22.9 Å². The van der Waals surface area contributed by atoms with Gasteiger partial charge in [0.25, 0.3) is 0 Å². The quantitative estimate of drug-likeness (QED) is 0.702. The van der Waals surface area contributed by atoms with Crippen LogP contribution in [-0.4, -0.2) is 20.5 Å². The van der Waals surface area contributed by atoms with E-state index in [4.69, 9.17) is 0 Å². The molecule has 3 atom stereocenters. The summed E-state index contributed by atoms with van der Waals surface area (Å²) in [4.78, 5) is 18.9. The third-order valence-corrected chi connectivity index (χ3v) is 6.75. The number of benzene rings is 1. The van der Waals surface area contributed by atoms with Crippen LogP contribution in [0.1, 0.15) is 54.1 Å². The molecule has 0 radical (unpaired) electrons. The van der Waals surface area contributed by atoms with Crippen LogP contribution < -0.4 is 5.32 Å². The molecule has 2 aromatic heterocycles. The molecule has 0 bridgehead atoms. The molecule has 3 aromatic rings. The Balaban J connectivity index is 1.59. The van der Waals surface area contributed by atoms with E-state index in [1.165, 1.54) is 10.4 Å². The van der Waals surface area contributed by atoms with Crippen molar-refractivity contribution in [3.63, 3.8) is 0 Å². The van der Waals surface area contributed by atoms with Crippen LogP contribution in [0, 0.1) is 5.92 Å². The maximum Gasteiger partial charge on any atom is 0.226 e. The van der Waals surface area contributed by atoms with Crippen LogP contribution in [-0.2, 0) is 4.79 Å². The first-order valence-electron chi connectivity index (χ1n) is 9.66. The number of hydrogen-bond acceptors (Lipinski definition) is 5. The predicted octanol–water partition coefficient (Wildman–Crippen LogP) is 4.73. The van der Waals surface area contributed by atoms with Gasteiger partial charge in [0.2, 0.25) is 5.95 Å². The molecule has 1 aliphatic carbocycles. The molecule has 3 heterocycles. The largest absolute Gasteiger partial charge is 0.328 e. The number of anilines is 1. The number of allylic oxidation sites excluding steroid dienone is 2. The molecule has 0 saturated heterocycles. The normalized spacial score (nSPS) is 23.8. The van der Waals surface area contributed by atoms with Gasteiger partial charge >= 0.3 is 0 Å². The number of hydrogen-bond donors (Lipinski definition) is 1. The van der Waals surface area contributed by atoms with Gasteiger partial charge < -0.3 is 5.32 Å². The Morgan fingerprint density at radius 1 is 1.21 bits per heavy atom. The number of nitrogens with one attached hydrogen (secondary N) is 1. The van der Waals surface area contributed by atoms with E-state index in [1.807, 2.05) is 10.7 Å². The van der Waals surface area contributed by atoms with Crippen LogP contribution >= 0.6 is 11.3 Å². The molecular formula is C22H22N4OS. The Bertz CT molecular complexity index is 1030. The highest BCUT2D eigenvalue weighted by atomic mass is 32.1. The third-order valence-electron chi connectivity index (χ3n) is 5.75. The van der Waals surface area contributed by atoms with Gasteiger partial charge in [-0.25, -0.2) is 4.68 Å². The van der Waals surface area contributed by atoms with Gasteiger partial charge in [-0.1, -0.05) is 50.3 Å². The number of rotatable bonds is 3. The summed E-state index contributed by atoms with van der Waals surface area (Å²) < 4.78 is 1.86. The van der Waals surface area contributed by atoms with Crippen LogP contribution in [0.25, 0.3) is 0 Å². The summed E-state index contributed by atoms with van der Waals surface area (Å²) >= 11 is 1.70. The highest BCUT2D eigenvalue weighted by molar-refractivity contribution is 7.10. The number of Topliss-reactive ketones (excluding diaryl/α,β-unsaturated/α-hetero) is 1. The van der Waals surface area contributed by atoms with Gasteiger partial charge in [0.1, 0.15) is 12.1 Å². The SMILES string of the molecule is CC(C)c1ccc([C@@H]2[C@H]3C(=O)C[C@@H](c4cccs4)C=C3Nc3ncnn32)cc1. The first kappa shape index (κ1) is 17.4. The van der Waals surface area contributed by atoms with Crippen molar-refractivity contribution in [3.05, 3.63) is 75.9 Å². The molecule has 5 rings (SSSR count). The van der Waals surface area contributed by atoms with Crippen LogP contribution in [0.4, 0.5) is 5.95 Å². The van der Waals surface area contributed by atoms with E-state index in [1.54, 1.807) is 17.7 Å². The summed E-state index contributed by atoms with van der Waals surface area (Å²) in [5.41, 5.74) is 3.34. The van der Waals surface area contributed by atoms with E-state index >= 15 is 0 Å². The summed E-state index contributed by atoms with van der Waals surface area (Å²) in [7, 11) is 0. The zero-order chi connectivity index (χ0) is 19.3. The zero-order valence-corrected chi connectivity index (χ0v) is 16.7. The Morgan fingerprint density at radius 3 is 2.75 bits per heavy atom. The first-order chi connectivity index (χ1) is 13.6. The molecule has 0 unspecified atom stereocenters. The van der Waals surface area contributed by atoms with E-state index in [2.05, 4.69) is 71.0 Å². The number of fused-ring (bicyclic) bond motifs is 2. The van der Waals surface area contributed by atoms with Gasteiger partial charge in [-0.2, -0.15) is 10.1 Å². The van der Waals surface area contributed by atoms with Crippen molar-refractivity contribution in [2.75, 3.05) is 5.32 Å². The smallest absolute Gasteiger partial charge is 0.226 e. The molecule has 0 saturated carbocycles. The fourth-order valence-electron chi connectivity index (χ4n) is 4.27. The van der Waals surface area contributed by atoms with Gasteiger partial charge in [0.05, 0.1) is 12.0 Å². The molecule has 1 aromatic carbocycles. The third kappa shape index (κ3) is 2.79. The standard InChI is InChI=1S/C22H22N4OS/c1-13(2)14-5-7-15(8-6-14)21-20-17(25-22-23-12-24-26(21)22)10-16(11-18(20)27)19-4-3-9-28-19/h3-10,12-13,16,20-21H,11H2,1-2H3,(H,23,24,25)/t16-,20+,21+/m0/s1. The molecule has 1 N–H and O–H groups in total. The van der Waals surface area contributed by atoms with Gasteiger partial charge in [-0.3, -0.25) is 4.79 Å². The summed E-state index contributed by atoms with van der Waals surface area (Å²) in [6.45, 7) is 4.37. The van der Waals surface area contributed by atoms with Crippen molar-refractivity contribution >= 4 is 23.1 Å². The molecule has 5 nitrogen and oxygen atoms in total. The zero-order valence-electron chi connectivity index (χ0n) is 15.9. The number of carbonyl (C=O) groups is 1. The topological polar surface area (TPSA) is 59.8 Å². The monoisotopic (exact) mass is 390 g/mol. The Hall–Kier alpha value is -2.73. The minimum atomic E-state index is -0.254. The number of aromatic nitrogens is 3. The summed E-state index contributed by atoms with van der Waals surface area (Å²) in [6.07, 6.45) is 4.30. The van der Waals surface area contributed by atoms with Gasteiger partial charge in [-0.15, -0.1) is 11.3 Å². The molecule has 1 aliphatic heterocycles. The number of thiophene rings is 1. The minimum Gasteiger partial charge on any atom is -0.328 e. The Labute approximate surface area is 168 Å². The fourth-order valence-corrected chi connectivity index (χ4v) is 5.07. The number of carbonyl (C=O) groups excluding carboxylic acids is 1. The second-order valence-corrected chi connectivity index (χ2v) is 8.79. The Kier molecular flexibility index (Phi) is 4.16. The van der Waals surface area contributed by atoms with Gasteiger partial charge in [-0.05, 0) is 28.5 Å². The second kappa shape index (κ2) is 6.71. The summed E-state index contributed by atoms with van der Waals surface area (Å²) in [5.74, 6) is 1.30. The van der Waals surface area contributed by atoms with Crippen molar-refractivity contribution < 1.29 is 4.79 Å². The van der Waals surface area contributed by atoms with Crippen molar-refractivity contribution in [2.45, 2.75) is 38.1 Å². The number of ketones is 1. The summed E-state index contributed by atoms with van der Waals surface area (Å²) in [5, 5.41) is 9.86. The summed E-state index contributed by atoms with van der Waals surface area (Å²) in [6, 6.07) is 12.6. The van der Waals surface area contributed by atoms with Crippen LogP contribution in [0.3, 0.4) is 0 Å². The lowest BCUT2D eigenvalue weighted by Gasteiger charge is -2.37. The average molecular weight is 391 g/mol. The average Bonchev–Trinajstić information content (AvgIpc) is 3.38. The lowest BCUT2D eigenvalue weighted by atomic mass is 9.77. The molecular weight excluding hydrogens is 368 g/mol. The van der Waals surface area contributed by atoms with Crippen molar-refractivity contribution in [1.29, 1.82) is 0 Å². The van der Waals surface area contributed by atoms with E-state index in [0.717, 1.165) is 11.3 Å². The molecule has 6 heteroatoms. The van der Waals surface area contributed by atoms with Crippen molar-refractivity contribution in [3.8, 4) is 0 Å². The van der Waals surface area contributed by atoms with E-state index in [-0.39, 0.29) is 23.7 Å². The second-order valence-electron chi connectivity index (χ2n) is 7.81. The van der Waals surface area contributed by atoms with Crippen molar-refractivity contribution in [2.24, 2.45) is 5.92 Å². The highest BCUT2D eigenvalue weighted by Gasteiger charge is 2.43. The molecule has 0 amide bonds. The first-order valence-corrected chi connectivity index (χ1v) is 10.5. The lowest BCUT2D eigenvalue weighted by molar-refractivity contribution is -0.123. The maximum atomic E-state index is 13.3. The van der Waals surface area contributed by atoms with Crippen LogP contribution in [0.2, 0.25) is 0 Å². The molecule has 2 aliphatic rings. The fraction of sp³-hybridized carbons (Fsp3) is 0.318. The maximum absolute atomic E-state index is 13.3. The van der Waals surface area contributed by atoms with E-state index < -0.39 is 0 Å². The van der Waals surface area contributed by atoms with Gasteiger partial charge in [0.15, 0.2) is 0 Å². The molecule has 142 valence electrons. The Morgan fingerprint density at radius 2 is 2.04 bits per heavy atom. The van der Waals surface area contributed by atoms with Crippen LogP contribution in [0.5, 0.6) is 0 Å². The molecule has 28 heavy (non-hydrogen) atoms. The van der Waals surface area contributed by atoms with Crippen molar-refractivity contribution in [1.82, 2.24) is 14.8 Å². The van der Waals surface area contributed by atoms with Crippen LogP contribution in [0.15, 0.2) is 59.9 Å². The molecule has 0 spiro atoms. The molecule has 0 fully saturated rings. The lowest BCUT2D eigenvalue weighted by Crippen LogP contribution is -2.40. The highest BCUT2D eigenvalue weighted by Crippen LogP contribution is 2.44. The van der Waals surface area contributed by atoms with E-state index in [0.29, 0.717) is 18.3 Å².